The third-order valence-electron chi connectivity index (χ3n) is 5.52. The molecule has 0 aliphatic heterocycles. The monoisotopic (exact) mass is 405 g/mol. The summed E-state index contributed by atoms with van der Waals surface area (Å²) in [4.78, 5) is 35.7. The van der Waals surface area contributed by atoms with E-state index in [0.29, 0.717) is 24.3 Å². The van der Waals surface area contributed by atoms with Crippen LogP contribution < -0.4 is 11.2 Å². The van der Waals surface area contributed by atoms with Crippen molar-refractivity contribution in [2.24, 2.45) is 0 Å². The molecule has 0 spiro atoms. The number of nitrogens with zero attached hydrogens (tertiary/aromatic N) is 5. The van der Waals surface area contributed by atoms with Crippen molar-refractivity contribution in [2.45, 2.75) is 59.2 Å². The Hall–Kier alpha value is -3.22. The van der Waals surface area contributed by atoms with Crippen LogP contribution in [0.3, 0.4) is 0 Å². The zero-order valence-electron chi connectivity index (χ0n) is 17.5. The van der Waals surface area contributed by atoms with Crippen LogP contribution in [-0.2, 0) is 19.6 Å². The van der Waals surface area contributed by atoms with Crippen LogP contribution in [0.25, 0.3) is 22.1 Å². The number of unbranched alkanes of at least 4 members (excludes halogenated alkanes) is 2. The molecular weight excluding hydrogens is 378 g/mol. The minimum atomic E-state index is -0.311. The SMILES string of the molecule is CCCCn1cnc2c1c(=O)n(Cc1cccc3cccnc13)c(=O)n2CCCC. The quantitative estimate of drug-likeness (QED) is 0.449. The van der Waals surface area contributed by atoms with Gasteiger partial charge in [0.25, 0.3) is 5.56 Å². The molecule has 0 unspecified atom stereocenters. The number of para-hydroxylation sites is 1. The molecule has 0 atom stereocenters. The third kappa shape index (κ3) is 3.56. The highest BCUT2D eigenvalue weighted by Gasteiger charge is 2.18. The van der Waals surface area contributed by atoms with Gasteiger partial charge in [0.1, 0.15) is 0 Å². The highest BCUT2D eigenvalue weighted by Crippen LogP contribution is 2.17. The van der Waals surface area contributed by atoms with Crippen LogP contribution in [0.2, 0.25) is 0 Å². The Morgan fingerprint density at radius 1 is 0.900 bits per heavy atom. The molecule has 0 N–H and O–H groups in total. The van der Waals surface area contributed by atoms with Gasteiger partial charge in [-0.15, -0.1) is 0 Å². The van der Waals surface area contributed by atoms with E-state index in [9.17, 15) is 9.59 Å². The van der Waals surface area contributed by atoms with Gasteiger partial charge < -0.3 is 4.57 Å². The van der Waals surface area contributed by atoms with Crippen molar-refractivity contribution < 1.29 is 0 Å². The van der Waals surface area contributed by atoms with Crippen molar-refractivity contribution >= 4 is 22.1 Å². The molecule has 0 amide bonds. The lowest BCUT2D eigenvalue weighted by Crippen LogP contribution is -2.41. The first-order chi connectivity index (χ1) is 14.7. The van der Waals surface area contributed by atoms with Gasteiger partial charge in [0, 0.05) is 24.7 Å². The van der Waals surface area contributed by atoms with Gasteiger partial charge in [-0.3, -0.25) is 18.9 Å². The highest BCUT2D eigenvalue weighted by atomic mass is 16.2. The number of imidazole rings is 1. The molecule has 0 fully saturated rings. The number of hydrogen-bond acceptors (Lipinski definition) is 4. The van der Waals surface area contributed by atoms with Gasteiger partial charge in [-0.2, -0.15) is 0 Å². The second-order valence-electron chi connectivity index (χ2n) is 7.64. The molecule has 0 saturated heterocycles. The molecular formula is C23H27N5O2. The molecule has 0 aliphatic carbocycles. The van der Waals surface area contributed by atoms with E-state index >= 15 is 0 Å². The summed E-state index contributed by atoms with van der Waals surface area (Å²) < 4.78 is 4.88. The Morgan fingerprint density at radius 2 is 1.67 bits per heavy atom. The van der Waals surface area contributed by atoms with Crippen LogP contribution in [0, 0.1) is 0 Å². The Morgan fingerprint density at radius 3 is 2.47 bits per heavy atom. The van der Waals surface area contributed by atoms with Crippen LogP contribution in [0.5, 0.6) is 0 Å². The summed E-state index contributed by atoms with van der Waals surface area (Å²) in [5.41, 5.74) is 2.06. The number of benzene rings is 1. The van der Waals surface area contributed by atoms with E-state index in [2.05, 4.69) is 23.8 Å². The summed E-state index contributed by atoms with van der Waals surface area (Å²) in [5.74, 6) is 0. The molecule has 3 heterocycles. The lowest BCUT2D eigenvalue weighted by atomic mass is 10.1. The molecule has 0 saturated carbocycles. The first-order valence-corrected chi connectivity index (χ1v) is 10.7. The second kappa shape index (κ2) is 8.65. The zero-order valence-corrected chi connectivity index (χ0v) is 17.5. The van der Waals surface area contributed by atoms with E-state index in [1.54, 1.807) is 17.1 Å². The smallest absolute Gasteiger partial charge is 0.325 e. The fourth-order valence-corrected chi connectivity index (χ4v) is 3.86. The molecule has 4 aromatic rings. The second-order valence-corrected chi connectivity index (χ2v) is 7.64. The molecule has 3 aromatic heterocycles. The van der Waals surface area contributed by atoms with E-state index in [0.717, 1.165) is 42.1 Å². The first-order valence-electron chi connectivity index (χ1n) is 10.7. The van der Waals surface area contributed by atoms with Crippen LogP contribution >= 0.6 is 0 Å². The van der Waals surface area contributed by atoms with Gasteiger partial charge in [0.15, 0.2) is 11.2 Å². The Kier molecular flexibility index (Phi) is 5.79. The number of hydrogen-bond donors (Lipinski definition) is 0. The molecule has 7 nitrogen and oxygen atoms in total. The minimum Gasteiger partial charge on any atom is -0.325 e. The van der Waals surface area contributed by atoms with Crippen LogP contribution in [0.15, 0.2) is 52.4 Å². The van der Waals surface area contributed by atoms with Crippen molar-refractivity contribution in [2.75, 3.05) is 0 Å². The van der Waals surface area contributed by atoms with E-state index in [-0.39, 0.29) is 17.8 Å². The number of rotatable bonds is 8. The summed E-state index contributed by atoms with van der Waals surface area (Å²) in [7, 11) is 0. The molecule has 156 valence electrons. The van der Waals surface area contributed by atoms with E-state index in [4.69, 9.17) is 0 Å². The normalized spacial score (nSPS) is 11.5. The van der Waals surface area contributed by atoms with E-state index in [1.165, 1.54) is 4.57 Å². The lowest BCUT2D eigenvalue weighted by molar-refractivity contribution is 0.567. The maximum Gasteiger partial charge on any atom is 0.333 e. The molecule has 0 bridgehead atoms. The minimum absolute atomic E-state index is 0.188. The molecule has 7 heteroatoms. The van der Waals surface area contributed by atoms with E-state index < -0.39 is 0 Å². The summed E-state index contributed by atoms with van der Waals surface area (Å²) in [5, 5.41) is 0.989. The largest absolute Gasteiger partial charge is 0.333 e. The molecule has 1 aromatic carbocycles. The summed E-state index contributed by atoms with van der Waals surface area (Å²) in [6, 6.07) is 9.71. The molecule has 0 aliphatic rings. The van der Waals surface area contributed by atoms with Gasteiger partial charge in [-0.05, 0) is 24.5 Å². The Bertz CT molecular complexity index is 1290. The summed E-state index contributed by atoms with van der Waals surface area (Å²) >= 11 is 0. The Balaban J connectivity index is 1.92. The highest BCUT2D eigenvalue weighted by molar-refractivity contribution is 5.81. The average molecular weight is 406 g/mol. The van der Waals surface area contributed by atoms with Gasteiger partial charge in [-0.1, -0.05) is 51.0 Å². The third-order valence-corrected chi connectivity index (χ3v) is 5.52. The fraction of sp³-hybridized carbons (Fsp3) is 0.391. The van der Waals surface area contributed by atoms with Crippen molar-refractivity contribution in [3.8, 4) is 0 Å². The maximum absolute atomic E-state index is 13.4. The molecule has 0 radical (unpaired) electrons. The van der Waals surface area contributed by atoms with Crippen LogP contribution in [0.4, 0.5) is 0 Å². The molecule has 30 heavy (non-hydrogen) atoms. The van der Waals surface area contributed by atoms with Crippen molar-refractivity contribution in [3.05, 3.63) is 69.3 Å². The maximum atomic E-state index is 13.4. The van der Waals surface area contributed by atoms with Crippen LogP contribution in [-0.4, -0.2) is 23.7 Å². The van der Waals surface area contributed by atoms with Crippen molar-refractivity contribution in [3.63, 3.8) is 0 Å². The predicted molar refractivity (Wildman–Crippen MR) is 119 cm³/mol. The predicted octanol–water partition coefficient (Wildman–Crippen LogP) is 3.56. The zero-order chi connectivity index (χ0) is 21.1. The van der Waals surface area contributed by atoms with Crippen molar-refractivity contribution in [1.29, 1.82) is 0 Å². The number of fused-ring (bicyclic) bond motifs is 2. The topological polar surface area (TPSA) is 74.7 Å². The van der Waals surface area contributed by atoms with E-state index in [1.807, 2.05) is 34.9 Å². The number of pyridine rings is 1. The average Bonchev–Trinajstić information content (AvgIpc) is 3.19. The van der Waals surface area contributed by atoms with Gasteiger partial charge in [0.05, 0.1) is 18.4 Å². The fourth-order valence-electron chi connectivity index (χ4n) is 3.86. The van der Waals surface area contributed by atoms with Crippen molar-refractivity contribution in [1.82, 2.24) is 23.7 Å². The standard InChI is InChI=1S/C23H27N5O2/c1-3-5-13-26-16-25-21-20(26)22(29)28(23(30)27(21)14-6-4-2)15-18-10-7-9-17-11-8-12-24-19(17)18/h7-12,16H,3-6,13-15H2,1-2H3. The number of aryl methyl sites for hydroxylation is 2. The lowest BCUT2D eigenvalue weighted by Gasteiger charge is -2.13. The summed E-state index contributed by atoms with van der Waals surface area (Å²) in [6.45, 7) is 5.64. The Labute approximate surface area is 174 Å². The number of aromatic nitrogens is 5. The van der Waals surface area contributed by atoms with Gasteiger partial charge in [0.2, 0.25) is 0 Å². The first kappa shape index (κ1) is 20.1. The molecule has 4 rings (SSSR count). The van der Waals surface area contributed by atoms with Crippen LogP contribution in [0.1, 0.15) is 45.1 Å². The van der Waals surface area contributed by atoms with Gasteiger partial charge >= 0.3 is 5.69 Å². The summed E-state index contributed by atoms with van der Waals surface area (Å²) in [6.07, 6.45) is 7.20. The van der Waals surface area contributed by atoms with Gasteiger partial charge in [-0.25, -0.2) is 9.78 Å².